The summed E-state index contributed by atoms with van der Waals surface area (Å²) in [6, 6.07) is 3.31. The Labute approximate surface area is 103 Å². The van der Waals surface area contributed by atoms with Crippen molar-refractivity contribution in [2.45, 2.75) is 12.1 Å². The van der Waals surface area contributed by atoms with Gasteiger partial charge in [0.25, 0.3) is 0 Å². The van der Waals surface area contributed by atoms with Crippen LogP contribution in [-0.4, -0.2) is 33.1 Å². The lowest BCUT2D eigenvalue weighted by molar-refractivity contribution is -0.140. The Morgan fingerprint density at radius 1 is 1.33 bits per heavy atom. The van der Waals surface area contributed by atoms with Gasteiger partial charge in [0.1, 0.15) is 0 Å². The average molecular weight is 276 g/mol. The smallest absolute Gasteiger partial charge is 0.333 e. The van der Waals surface area contributed by atoms with Gasteiger partial charge in [-0.3, -0.25) is 9.36 Å². The van der Waals surface area contributed by atoms with Gasteiger partial charge < -0.3 is 24.7 Å². The fourth-order valence-electron chi connectivity index (χ4n) is 1.42. The zero-order valence-corrected chi connectivity index (χ0v) is 10.4. The molecule has 0 amide bonds. The fourth-order valence-corrected chi connectivity index (χ4v) is 2.36. The number of hydrogen-bond acceptors (Lipinski definition) is 5. The molecule has 0 fully saturated rings. The molecular weight excluding hydrogens is 263 g/mol. The zero-order chi connectivity index (χ0) is 13.9. The minimum Gasteiger partial charge on any atom is -0.504 e. The predicted octanol–water partition coefficient (Wildman–Crippen LogP) is 0.880. The van der Waals surface area contributed by atoms with Crippen molar-refractivity contribution < 1.29 is 34.1 Å². The van der Waals surface area contributed by atoms with E-state index in [1.54, 1.807) is 0 Å². The largest absolute Gasteiger partial charge is 0.504 e. The first-order valence-electron chi connectivity index (χ1n) is 4.89. The van der Waals surface area contributed by atoms with Crippen LogP contribution in [0.1, 0.15) is 17.6 Å². The summed E-state index contributed by atoms with van der Waals surface area (Å²) in [7, 11) is -3.49. The molecule has 0 aliphatic carbocycles. The van der Waals surface area contributed by atoms with E-state index in [9.17, 15) is 24.3 Å². The van der Waals surface area contributed by atoms with E-state index in [2.05, 4.69) is 4.74 Å². The number of carbonyl (C=O) groups is 1. The van der Waals surface area contributed by atoms with Crippen LogP contribution >= 0.6 is 7.60 Å². The van der Waals surface area contributed by atoms with Crippen molar-refractivity contribution in [2.24, 2.45) is 0 Å². The van der Waals surface area contributed by atoms with Gasteiger partial charge in [-0.25, -0.2) is 0 Å². The molecule has 0 radical (unpaired) electrons. The molecule has 1 unspecified atom stereocenters. The van der Waals surface area contributed by atoms with Gasteiger partial charge in [-0.2, -0.15) is 0 Å². The molecule has 1 rings (SSSR count). The maximum atomic E-state index is 11.3. The summed E-state index contributed by atoms with van der Waals surface area (Å²) in [5.41, 5.74) is -1.37. The highest BCUT2D eigenvalue weighted by atomic mass is 31.2. The summed E-state index contributed by atoms with van der Waals surface area (Å²) in [6.45, 7) is 0. The fraction of sp³-hybridized carbons (Fsp3) is 0.300. The summed E-state index contributed by atoms with van der Waals surface area (Å²) in [5.74, 6) is -1.71. The van der Waals surface area contributed by atoms with E-state index in [-0.39, 0.29) is 5.56 Å². The van der Waals surface area contributed by atoms with Crippen molar-refractivity contribution in [2.75, 3.05) is 7.11 Å². The second-order valence-electron chi connectivity index (χ2n) is 3.63. The summed E-state index contributed by atoms with van der Waals surface area (Å²) >= 11 is 0. The molecule has 1 aromatic carbocycles. The Morgan fingerprint density at radius 3 is 2.39 bits per heavy atom. The number of methoxy groups -OCH3 is 1. The average Bonchev–Trinajstić information content (AvgIpc) is 2.28. The van der Waals surface area contributed by atoms with Crippen LogP contribution in [0.25, 0.3) is 0 Å². The van der Waals surface area contributed by atoms with Gasteiger partial charge in [0.05, 0.1) is 19.2 Å². The summed E-state index contributed by atoms with van der Waals surface area (Å²) in [5, 5.41) is 18.4. The summed E-state index contributed by atoms with van der Waals surface area (Å²) < 4.78 is 15.7. The van der Waals surface area contributed by atoms with E-state index in [0.717, 1.165) is 19.2 Å². The Morgan fingerprint density at radius 2 is 1.94 bits per heavy atom. The number of hydrogen-bond donors (Lipinski definition) is 4. The van der Waals surface area contributed by atoms with Crippen molar-refractivity contribution in [3.63, 3.8) is 0 Å². The molecule has 7 nitrogen and oxygen atoms in total. The number of aromatic hydroxyl groups is 2. The van der Waals surface area contributed by atoms with E-state index in [1.165, 1.54) is 6.07 Å². The minimum atomic E-state index is -4.59. The van der Waals surface area contributed by atoms with Gasteiger partial charge in [-0.1, -0.05) is 6.07 Å². The highest BCUT2D eigenvalue weighted by Gasteiger charge is 2.33. The molecule has 0 saturated carbocycles. The van der Waals surface area contributed by atoms with E-state index < -0.39 is 37.1 Å². The number of ether oxygens (including phenoxy) is 1. The maximum Gasteiger partial charge on any atom is 0.333 e. The molecule has 1 aromatic rings. The summed E-state index contributed by atoms with van der Waals surface area (Å²) in [4.78, 5) is 29.5. The normalized spacial score (nSPS) is 13.1. The first kappa shape index (κ1) is 14.5. The molecule has 0 aromatic heterocycles. The predicted molar refractivity (Wildman–Crippen MR) is 61.2 cm³/mol. The first-order valence-corrected chi connectivity index (χ1v) is 6.57. The van der Waals surface area contributed by atoms with Crippen LogP contribution in [0.3, 0.4) is 0 Å². The molecule has 8 heteroatoms. The summed E-state index contributed by atoms with van der Waals surface area (Å²) in [6.07, 6.45) is -0.523. The molecule has 100 valence electrons. The molecule has 18 heavy (non-hydrogen) atoms. The number of esters is 1. The van der Waals surface area contributed by atoms with Gasteiger partial charge in [0.15, 0.2) is 11.5 Å². The van der Waals surface area contributed by atoms with Crippen LogP contribution < -0.4 is 0 Å². The van der Waals surface area contributed by atoms with Gasteiger partial charge in [-0.05, 0) is 17.7 Å². The third-order valence-corrected chi connectivity index (χ3v) is 3.67. The number of phenols is 2. The van der Waals surface area contributed by atoms with Crippen molar-refractivity contribution in [3.05, 3.63) is 23.8 Å². The second kappa shape index (κ2) is 5.39. The van der Waals surface area contributed by atoms with Crippen LogP contribution in [0, 0.1) is 0 Å². The Balaban J connectivity index is 3.14. The number of phenolic OH excluding ortho intramolecular Hbond substituents is 2. The Bertz CT molecular complexity index is 493. The van der Waals surface area contributed by atoms with Gasteiger partial charge in [0.2, 0.25) is 0 Å². The standard InChI is InChI=1S/C10H13O7P/c1-17-10(13)5-9(18(14,15)16)6-2-3-7(11)8(12)4-6/h2-4,9,11-12H,5H2,1H3,(H2,14,15,16). The molecule has 0 bridgehead atoms. The lowest BCUT2D eigenvalue weighted by atomic mass is 10.1. The van der Waals surface area contributed by atoms with Crippen LogP contribution in [0.2, 0.25) is 0 Å². The zero-order valence-electron chi connectivity index (χ0n) is 9.48. The third-order valence-electron chi connectivity index (χ3n) is 2.38. The van der Waals surface area contributed by atoms with Gasteiger partial charge >= 0.3 is 13.6 Å². The lowest BCUT2D eigenvalue weighted by Crippen LogP contribution is -2.09. The van der Waals surface area contributed by atoms with Crippen molar-refractivity contribution in [1.82, 2.24) is 0 Å². The number of rotatable bonds is 4. The molecule has 1 atom stereocenters. The molecular formula is C10H13O7P. The Kier molecular flexibility index (Phi) is 4.34. The lowest BCUT2D eigenvalue weighted by Gasteiger charge is -2.18. The topological polar surface area (TPSA) is 124 Å². The van der Waals surface area contributed by atoms with Gasteiger partial charge in [-0.15, -0.1) is 0 Å². The van der Waals surface area contributed by atoms with Crippen LogP contribution in [0.15, 0.2) is 18.2 Å². The first-order chi connectivity index (χ1) is 8.25. The maximum absolute atomic E-state index is 11.3. The monoisotopic (exact) mass is 276 g/mol. The second-order valence-corrected chi connectivity index (χ2v) is 5.43. The number of carbonyl (C=O) groups excluding carboxylic acids is 1. The molecule has 0 spiro atoms. The quantitative estimate of drug-likeness (QED) is 0.365. The Hall–Kier alpha value is -1.56. The van der Waals surface area contributed by atoms with Crippen LogP contribution in [0.4, 0.5) is 0 Å². The molecule has 0 aliphatic rings. The molecule has 0 aliphatic heterocycles. The SMILES string of the molecule is COC(=O)CC(c1ccc(O)c(O)c1)P(=O)(O)O. The third kappa shape index (κ3) is 3.46. The molecule has 4 N–H and O–H groups in total. The van der Waals surface area contributed by atoms with Gasteiger partial charge in [0, 0.05) is 0 Å². The molecule has 0 saturated heterocycles. The van der Waals surface area contributed by atoms with Crippen molar-refractivity contribution in [1.29, 1.82) is 0 Å². The highest BCUT2D eigenvalue weighted by Crippen LogP contribution is 2.54. The highest BCUT2D eigenvalue weighted by molar-refractivity contribution is 7.52. The van der Waals surface area contributed by atoms with E-state index in [4.69, 9.17) is 5.11 Å². The van der Waals surface area contributed by atoms with Crippen LogP contribution in [-0.2, 0) is 14.1 Å². The van der Waals surface area contributed by atoms with Crippen molar-refractivity contribution in [3.8, 4) is 11.5 Å². The van der Waals surface area contributed by atoms with Crippen molar-refractivity contribution >= 4 is 13.6 Å². The minimum absolute atomic E-state index is 0.0454. The van der Waals surface area contributed by atoms with E-state index in [0.29, 0.717) is 0 Å². The van der Waals surface area contributed by atoms with Crippen LogP contribution in [0.5, 0.6) is 11.5 Å². The van der Waals surface area contributed by atoms with E-state index in [1.807, 2.05) is 0 Å². The molecule has 0 heterocycles. The van der Waals surface area contributed by atoms with E-state index >= 15 is 0 Å². The number of benzene rings is 1.